The molecule has 1 aliphatic heterocycles. The SMILES string of the molecule is CO[C@H]1C[C@@H]1C(=O)N1C(=O)OCC1Cc1ccccc1. The van der Waals surface area contributed by atoms with E-state index in [2.05, 4.69) is 0 Å². The van der Waals surface area contributed by atoms with E-state index in [1.54, 1.807) is 7.11 Å². The largest absolute Gasteiger partial charge is 0.447 e. The van der Waals surface area contributed by atoms with Crippen LogP contribution in [0.25, 0.3) is 0 Å². The molecule has 1 heterocycles. The normalized spacial score (nSPS) is 28.4. The highest BCUT2D eigenvalue weighted by Crippen LogP contribution is 2.36. The summed E-state index contributed by atoms with van der Waals surface area (Å²) in [5.74, 6) is -0.357. The van der Waals surface area contributed by atoms with Gasteiger partial charge < -0.3 is 9.47 Å². The van der Waals surface area contributed by atoms with E-state index in [0.29, 0.717) is 12.8 Å². The molecule has 3 rings (SSSR count). The number of methoxy groups -OCH3 is 1. The molecule has 5 nitrogen and oxygen atoms in total. The summed E-state index contributed by atoms with van der Waals surface area (Å²) in [7, 11) is 1.59. The smallest absolute Gasteiger partial charge is 0.416 e. The van der Waals surface area contributed by atoms with Crippen LogP contribution in [0.1, 0.15) is 12.0 Å². The maximum absolute atomic E-state index is 12.3. The van der Waals surface area contributed by atoms with Crippen molar-refractivity contribution in [3.63, 3.8) is 0 Å². The molecule has 106 valence electrons. The zero-order valence-electron chi connectivity index (χ0n) is 11.3. The fourth-order valence-corrected chi connectivity index (χ4v) is 2.64. The van der Waals surface area contributed by atoms with Crippen LogP contribution < -0.4 is 0 Å². The molecule has 2 amide bonds. The second-order valence-electron chi connectivity index (χ2n) is 5.25. The maximum Gasteiger partial charge on any atom is 0.416 e. The molecule has 1 saturated heterocycles. The van der Waals surface area contributed by atoms with Crippen molar-refractivity contribution in [2.45, 2.75) is 25.0 Å². The van der Waals surface area contributed by atoms with Gasteiger partial charge in [-0.1, -0.05) is 30.3 Å². The molecule has 1 aromatic carbocycles. The van der Waals surface area contributed by atoms with Crippen LogP contribution in [0.4, 0.5) is 4.79 Å². The summed E-state index contributed by atoms with van der Waals surface area (Å²) in [5, 5.41) is 0. The second kappa shape index (κ2) is 5.25. The van der Waals surface area contributed by atoms with Gasteiger partial charge >= 0.3 is 6.09 Å². The summed E-state index contributed by atoms with van der Waals surface area (Å²) >= 11 is 0. The van der Waals surface area contributed by atoms with Gasteiger partial charge in [-0.05, 0) is 18.4 Å². The van der Waals surface area contributed by atoms with E-state index in [-0.39, 0.29) is 30.6 Å². The van der Waals surface area contributed by atoms with Gasteiger partial charge in [0.1, 0.15) is 6.61 Å². The van der Waals surface area contributed by atoms with Crippen molar-refractivity contribution in [2.75, 3.05) is 13.7 Å². The van der Waals surface area contributed by atoms with Gasteiger partial charge in [-0.15, -0.1) is 0 Å². The molecule has 3 atom stereocenters. The van der Waals surface area contributed by atoms with Crippen molar-refractivity contribution in [3.05, 3.63) is 35.9 Å². The predicted octanol–water partition coefficient (Wildman–Crippen LogP) is 1.61. The lowest BCUT2D eigenvalue weighted by molar-refractivity contribution is -0.131. The predicted molar refractivity (Wildman–Crippen MR) is 71.0 cm³/mol. The fourth-order valence-electron chi connectivity index (χ4n) is 2.64. The number of hydrogen-bond donors (Lipinski definition) is 0. The number of carbonyl (C=O) groups is 2. The lowest BCUT2D eigenvalue weighted by Gasteiger charge is -2.19. The number of rotatable bonds is 4. The average Bonchev–Trinajstić information content (AvgIpc) is 3.17. The number of imide groups is 1. The standard InChI is InChI=1S/C15H17NO4/c1-19-13-8-12(13)14(17)16-11(9-20-15(16)18)7-10-5-3-2-4-6-10/h2-6,11-13H,7-9H2,1H3/t11?,12-,13-/m0/s1. The molecule has 1 aliphatic carbocycles. The Morgan fingerprint density at radius 3 is 2.80 bits per heavy atom. The molecule has 1 unspecified atom stereocenters. The number of nitrogens with zero attached hydrogens (tertiary/aromatic N) is 1. The first-order valence-electron chi connectivity index (χ1n) is 6.77. The van der Waals surface area contributed by atoms with Gasteiger partial charge in [0.05, 0.1) is 18.1 Å². The van der Waals surface area contributed by atoms with Crippen LogP contribution in [0.15, 0.2) is 30.3 Å². The number of benzene rings is 1. The number of hydrogen-bond acceptors (Lipinski definition) is 4. The summed E-state index contributed by atoms with van der Waals surface area (Å²) in [5.41, 5.74) is 1.09. The van der Waals surface area contributed by atoms with Crippen molar-refractivity contribution in [2.24, 2.45) is 5.92 Å². The van der Waals surface area contributed by atoms with Crippen LogP contribution in [-0.4, -0.2) is 42.8 Å². The highest BCUT2D eigenvalue weighted by atomic mass is 16.6. The molecular formula is C15H17NO4. The quantitative estimate of drug-likeness (QED) is 0.837. The fraction of sp³-hybridized carbons (Fsp3) is 0.467. The Balaban J connectivity index is 1.71. The van der Waals surface area contributed by atoms with Crippen LogP contribution in [0, 0.1) is 5.92 Å². The molecule has 2 fully saturated rings. The zero-order valence-corrected chi connectivity index (χ0v) is 11.3. The number of cyclic esters (lactones) is 1. The van der Waals surface area contributed by atoms with Crippen LogP contribution in [-0.2, 0) is 20.7 Å². The minimum atomic E-state index is -0.530. The number of carbonyl (C=O) groups excluding carboxylic acids is 2. The van der Waals surface area contributed by atoms with E-state index in [4.69, 9.17) is 9.47 Å². The van der Waals surface area contributed by atoms with Crippen LogP contribution in [0.2, 0.25) is 0 Å². The third-order valence-corrected chi connectivity index (χ3v) is 3.86. The minimum absolute atomic E-state index is 0.0479. The summed E-state index contributed by atoms with van der Waals surface area (Å²) in [6, 6.07) is 9.59. The molecule has 1 saturated carbocycles. The number of ether oxygens (including phenoxy) is 2. The van der Waals surface area contributed by atoms with E-state index in [1.165, 1.54) is 4.90 Å². The van der Waals surface area contributed by atoms with Gasteiger partial charge in [0.2, 0.25) is 5.91 Å². The molecule has 0 radical (unpaired) electrons. The van der Waals surface area contributed by atoms with Crippen LogP contribution in [0.3, 0.4) is 0 Å². The Kier molecular flexibility index (Phi) is 3.44. The molecule has 1 aromatic rings. The lowest BCUT2D eigenvalue weighted by atomic mass is 10.1. The van der Waals surface area contributed by atoms with Crippen molar-refractivity contribution >= 4 is 12.0 Å². The molecule has 0 N–H and O–H groups in total. The van der Waals surface area contributed by atoms with E-state index in [0.717, 1.165) is 5.56 Å². The first kappa shape index (κ1) is 13.1. The van der Waals surface area contributed by atoms with Crippen molar-refractivity contribution in [3.8, 4) is 0 Å². The van der Waals surface area contributed by atoms with Crippen molar-refractivity contribution in [1.82, 2.24) is 4.90 Å². The Labute approximate surface area is 117 Å². The molecule has 20 heavy (non-hydrogen) atoms. The Morgan fingerprint density at radius 1 is 1.40 bits per heavy atom. The molecule has 0 aromatic heterocycles. The summed E-state index contributed by atoms with van der Waals surface area (Å²) in [4.78, 5) is 25.4. The minimum Gasteiger partial charge on any atom is -0.447 e. The average molecular weight is 275 g/mol. The maximum atomic E-state index is 12.3. The summed E-state index contributed by atoms with van der Waals surface area (Å²) < 4.78 is 10.2. The first-order valence-corrected chi connectivity index (χ1v) is 6.77. The Morgan fingerprint density at radius 2 is 2.15 bits per heavy atom. The van der Waals surface area contributed by atoms with Crippen LogP contribution >= 0.6 is 0 Å². The molecule has 0 spiro atoms. The Bertz CT molecular complexity index is 516. The van der Waals surface area contributed by atoms with Gasteiger partial charge in [0, 0.05) is 7.11 Å². The van der Waals surface area contributed by atoms with E-state index >= 15 is 0 Å². The van der Waals surface area contributed by atoms with E-state index in [9.17, 15) is 9.59 Å². The first-order chi connectivity index (χ1) is 9.70. The van der Waals surface area contributed by atoms with Gasteiger partial charge in [-0.3, -0.25) is 4.79 Å². The van der Waals surface area contributed by atoms with Gasteiger partial charge in [-0.2, -0.15) is 0 Å². The number of amides is 2. The highest BCUT2D eigenvalue weighted by molar-refractivity contribution is 5.96. The zero-order chi connectivity index (χ0) is 14.1. The highest BCUT2D eigenvalue weighted by Gasteiger charge is 2.50. The summed E-state index contributed by atoms with van der Waals surface area (Å²) in [6.45, 7) is 0.268. The summed E-state index contributed by atoms with van der Waals surface area (Å²) in [6.07, 6.45) is 0.741. The van der Waals surface area contributed by atoms with Crippen molar-refractivity contribution < 1.29 is 19.1 Å². The molecular weight excluding hydrogens is 258 g/mol. The van der Waals surface area contributed by atoms with Gasteiger partial charge in [-0.25, -0.2) is 9.69 Å². The van der Waals surface area contributed by atoms with Gasteiger partial charge in [0.15, 0.2) is 0 Å². The van der Waals surface area contributed by atoms with Crippen molar-refractivity contribution in [1.29, 1.82) is 0 Å². The third kappa shape index (κ3) is 2.41. The second-order valence-corrected chi connectivity index (χ2v) is 5.25. The topological polar surface area (TPSA) is 55.8 Å². The Hall–Kier alpha value is -1.88. The molecule has 2 aliphatic rings. The van der Waals surface area contributed by atoms with E-state index < -0.39 is 6.09 Å². The lowest BCUT2D eigenvalue weighted by Crippen LogP contribution is -2.41. The molecule has 5 heteroatoms. The third-order valence-electron chi connectivity index (χ3n) is 3.86. The van der Waals surface area contributed by atoms with E-state index in [1.807, 2.05) is 30.3 Å². The van der Waals surface area contributed by atoms with Gasteiger partial charge in [0.25, 0.3) is 0 Å². The monoisotopic (exact) mass is 275 g/mol. The van der Waals surface area contributed by atoms with Crippen LogP contribution in [0.5, 0.6) is 0 Å². The molecule has 0 bridgehead atoms.